The summed E-state index contributed by atoms with van der Waals surface area (Å²) in [6.07, 6.45) is 0.841. The lowest BCUT2D eigenvalue weighted by molar-refractivity contribution is -0.0830. The summed E-state index contributed by atoms with van der Waals surface area (Å²) in [6, 6.07) is 8.11. The number of nitrogens with zero attached hydrogens (tertiary/aromatic N) is 1. The van der Waals surface area contributed by atoms with Crippen LogP contribution in [0.25, 0.3) is 0 Å². The standard InChI is InChI=1S/C25H31NO7/c1-5-16-23(15-10-21(27-2)24(29-4)22(11-15)28-3)17-12-19-20(32-14-31-19)13-18(17)33-25(16)26-6-8-30-9-7-26/h10-13,16,23,25H,5-9,14H2,1-4H3/t16-,23-,25-/m0/s1. The van der Waals surface area contributed by atoms with E-state index in [9.17, 15) is 0 Å². The Bertz CT molecular complexity index is 979. The van der Waals surface area contributed by atoms with E-state index >= 15 is 0 Å². The van der Waals surface area contributed by atoms with Crippen molar-refractivity contribution in [3.63, 3.8) is 0 Å². The van der Waals surface area contributed by atoms with Gasteiger partial charge in [0.05, 0.1) is 34.5 Å². The minimum Gasteiger partial charge on any atom is -0.493 e. The van der Waals surface area contributed by atoms with Crippen LogP contribution in [-0.2, 0) is 4.74 Å². The summed E-state index contributed by atoms with van der Waals surface area (Å²) in [5.41, 5.74) is 2.16. The Hall–Kier alpha value is -2.84. The lowest BCUT2D eigenvalue weighted by Crippen LogP contribution is -2.52. The highest BCUT2D eigenvalue weighted by atomic mass is 16.7. The molecule has 2 aromatic rings. The average Bonchev–Trinajstić information content (AvgIpc) is 3.33. The first-order valence-corrected chi connectivity index (χ1v) is 11.4. The van der Waals surface area contributed by atoms with Crippen LogP contribution in [0.3, 0.4) is 0 Å². The first-order valence-electron chi connectivity index (χ1n) is 11.4. The third kappa shape index (κ3) is 3.81. The Balaban J connectivity index is 1.67. The third-order valence-electron chi connectivity index (χ3n) is 6.81. The van der Waals surface area contributed by atoms with Crippen molar-refractivity contribution in [1.29, 1.82) is 0 Å². The highest BCUT2D eigenvalue weighted by Crippen LogP contribution is 2.52. The molecule has 33 heavy (non-hydrogen) atoms. The maximum absolute atomic E-state index is 6.66. The average molecular weight is 458 g/mol. The Kier molecular flexibility index (Phi) is 6.12. The van der Waals surface area contributed by atoms with Crippen LogP contribution in [0.1, 0.15) is 30.4 Å². The lowest BCUT2D eigenvalue weighted by Gasteiger charge is -2.45. The zero-order valence-electron chi connectivity index (χ0n) is 19.6. The van der Waals surface area contributed by atoms with Gasteiger partial charge in [-0.15, -0.1) is 0 Å². The predicted molar refractivity (Wildman–Crippen MR) is 121 cm³/mol. The Morgan fingerprint density at radius 2 is 1.55 bits per heavy atom. The van der Waals surface area contributed by atoms with Crippen molar-refractivity contribution in [3.8, 4) is 34.5 Å². The molecule has 8 nitrogen and oxygen atoms in total. The largest absolute Gasteiger partial charge is 0.493 e. The van der Waals surface area contributed by atoms with Crippen LogP contribution >= 0.6 is 0 Å². The van der Waals surface area contributed by atoms with Crippen molar-refractivity contribution >= 4 is 0 Å². The van der Waals surface area contributed by atoms with E-state index in [1.807, 2.05) is 18.2 Å². The summed E-state index contributed by atoms with van der Waals surface area (Å²) in [4.78, 5) is 2.39. The topological polar surface area (TPSA) is 67.9 Å². The molecule has 0 aliphatic carbocycles. The highest BCUT2D eigenvalue weighted by Gasteiger charge is 2.43. The van der Waals surface area contributed by atoms with Crippen LogP contribution in [0.15, 0.2) is 24.3 Å². The van der Waals surface area contributed by atoms with E-state index < -0.39 is 0 Å². The van der Waals surface area contributed by atoms with Crippen molar-refractivity contribution in [2.45, 2.75) is 25.5 Å². The summed E-state index contributed by atoms with van der Waals surface area (Å²) >= 11 is 0. The van der Waals surface area contributed by atoms with Gasteiger partial charge in [-0.1, -0.05) is 6.92 Å². The van der Waals surface area contributed by atoms with Crippen molar-refractivity contribution in [2.75, 3.05) is 54.4 Å². The van der Waals surface area contributed by atoms with Gasteiger partial charge in [0.25, 0.3) is 0 Å². The molecule has 3 aliphatic rings. The van der Waals surface area contributed by atoms with Crippen LogP contribution in [0.2, 0.25) is 0 Å². The van der Waals surface area contributed by atoms with Crippen molar-refractivity contribution in [2.24, 2.45) is 5.92 Å². The van der Waals surface area contributed by atoms with E-state index in [-0.39, 0.29) is 24.9 Å². The summed E-state index contributed by atoms with van der Waals surface area (Å²) < 4.78 is 40.5. The highest BCUT2D eigenvalue weighted by molar-refractivity contribution is 5.60. The van der Waals surface area contributed by atoms with Gasteiger partial charge in [0, 0.05) is 36.6 Å². The van der Waals surface area contributed by atoms with Crippen molar-refractivity contribution < 1.29 is 33.2 Å². The van der Waals surface area contributed by atoms with Crippen molar-refractivity contribution in [3.05, 3.63) is 35.4 Å². The van der Waals surface area contributed by atoms with E-state index in [2.05, 4.69) is 17.9 Å². The molecule has 0 N–H and O–H groups in total. The number of methoxy groups -OCH3 is 3. The van der Waals surface area contributed by atoms with Gasteiger partial charge < -0.3 is 33.2 Å². The molecule has 178 valence electrons. The fraction of sp³-hybridized carbons (Fsp3) is 0.520. The molecule has 0 spiro atoms. The molecular weight excluding hydrogens is 426 g/mol. The zero-order chi connectivity index (χ0) is 22.9. The molecule has 3 heterocycles. The van der Waals surface area contributed by atoms with Crippen LogP contribution < -0.4 is 28.4 Å². The van der Waals surface area contributed by atoms with E-state index in [0.717, 1.165) is 42.1 Å². The second-order valence-corrected chi connectivity index (χ2v) is 8.41. The maximum Gasteiger partial charge on any atom is 0.231 e. The second-order valence-electron chi connectivity index (χ2n) is 8.41. The molecule has 5 rings (SSSR count). The van der Waals surface area contributed by atoms with Gasteiger partial charge >= 0.3 is 0 Å². The monoisotopic (exact) mass is 457 g/mol. The lowest BCUT2D eigenvalue weighted by atomic mass is 9.75. The third-order valence-corrected chi connectivity index (χ3v) is 6.81. The van der Waals surface area contributed by atoms with Gasteiger partial charge in [-0.3, -0.25) is 4.90 Å². The van der Waals surface area contributed by atoms with Crippen LogP contribution in [0, 0.1) is 5.92 Å². The Labute approximate surface area is 194 Å². The van der Waals surface area contributed by atoms with Gasteiger partial charge in [0.15, 0.2) is 29.2 Å². The Morgan fingerprint density at radius 1 is 0.879 bits per heavy atom. The fourth-order valence-electron chi connectivity index (χ4n) is 5.22. The molecular formula is C25H31NO7. The minimum absolute atomic E-state index is 0.0369. The summed E-state index contributed by atoms with van der Waals surface area (Å²) in [5.74, 6) is 4.37. The molecule has 3 aliphatic heterocycles. The van der Waals surface area contributed by atoms with E-state index in [1.165, 1.54) is 0 Å². The number of ether oxygens (including phenoxy) is 7. The summed E-state index contributed by atoms with van der Waals surface area (Å²) in [5, 5.41) is 0. The molecule has 0 aromatic heterocycles. The first-order chi connectivity index (χ1) is 16.2. The van der Waals surface area contributed by atoms with Crippen molar-refractivity contribution in [1.82, 2.24) is 4.90 Å². The van der Waals surface area contributed by atoms with Gasteiger partial charge in [-0.25, -0.2) is 0 Å². The molecule has 8 heteroatoms. The summed E-state index contributed by atoms with van der Waals surface area (Å²) in [6.45, 7) is 5.52. The normalized spacial score (nSPS) is 24.1. The van der Waals surface area contributed by atoms with Crippen LogP contribution in [-0.4, -0.2) is 65.6 Å². The van der Waals surface area contributed by atoms with Gasteiger partial charge in [0.2, 0.25) is 12.5 Å². The number of fused-ring (bicyclic) bond motifs is 2. The Morgan fingerprint density at radius 3 is 2.15 bits per heavy atom. The van der Waals surface area contributed by atoms with E-state index in [0.29, 0.717) is 36.2 Å². The molecule has 3 atom stereocenters. The number of benzene rings is 2. The molecule has 0 amide bonds. The van der Waals surface area contributed by atoms with E-state index in [1.54, 1.807) is 21.3 Å². The smallest absolute Gasteiger partial charge is 0.231 e. The molecule has 0 saturated carbocycles. The molecule has 0 unspecified atom stereocenters. The predicted octanol–water partition coefficient (Wildman–Crippen LogP) is 3.65. The quantitative estimate of drug-likeness (QED) is 0.651. The molecule has 2 aromatic carbocycles. The molecule has 1 saturated heterocycles. The zero-order valence-corrected chi connectivity index (χ0v) is 19.6. The first kappa shape index (κ1) is 22.0. The van der Waals surface area contributed by atoms with Gasteiger partial charge in [0.1, 0.15) is 5.75 Å². The number of hydrogen-bond acceptors (Lipinski definition) is 8. The number of hydrogen-bond donors (Lipinski definition) is 0. The van der Waals surface area contributed by atoms with Crippen LogP contribution in [0.5, 0.6) is 34.5 Å². The minimum atomic E-state index is -0.0872. The second kappa shape index (κ2) is 9.19. The van der Waals surface area contributed by atoms with E-state index in [4.69, 9.17) is 33.2 Å². The number of morpholine rings is 1. The molecule has 1 fully saturated rings. The summed E-state index contributed by atoms with van der Waals surface area (Å²) in [7, 11) is 4.91. The van der Waals surface area contributed by atoms with Gasteiger partial charge in [-0.2, -0.15) is 0 Å². The number of rotatable bonds is 6. The maximum atomic E-state index is 6.66. The van der Waals surface area contributed by atoms with Crippen LogP contribution in [0.4, 0.5) is 0 Å². The fourth-order valence-corrected chi connectivity index (χ4v) is 5.22. The van der Waals surface area contributed by atoms with Gasteiger partial charge in [-0.05, 0) is 30.2 Å². The molecule has 0 bridgehead atoms. The molecule has 0 radical (unpaired) electrons. The SMILES string of the molecule is CC[C@H]1[C@H](c2cc(OC)c(OC)c(OC)c2)c2cc3c(cc2O[C@@H]1N1CCOCC1)OCO3.